The smallest absolute Gasteiger partial charge is 0.306 e. The summed E-state index contributed by atoms with van der Waals surface area (Å²) in [6.07, 6.45) is 7.73. The van der Waals surface area contributed by atoms with Gasteiger partial charge in [-0.25, -0.2) is 0 Å². The van der Waals surface area contributed by atoms with Gasteiger partial charge in [-0.3, -0.25) is 4.79 Å². The maximum atomic E-state index is 13.3. The van der Waals surface area contributed by atoms with E-state index in [1.165, 1.54) is 17.1 Å². The van der Waals surface area contributed by atoms with Crippen molar-refractivity contribution in [1.29, 1.82) is 0 Å². The van der Waals surface area contributed by atoms with Crippen molar-refractivity contribution >= 4 is 38.5 Å². The van der Waals surface area contributed by atoms with E-state index in [2.05, 4.69) is 12.2 Å². The Hall–Kier alpha value is -2.05. The highest BCUT2D eigenvalue weighted by atomic mass is 33.1. The lowest BCUT2D eigenvalue weighted by Gasteiger charge is -2.67. The molecular weight excluding hydrogens is 799 g/mol. The molecule has 6 aliphatic rings. The fraction of sp³-hybridized carbons (Fsp3) is 0.750. The number of carbonyl (C=O) groups is 1. The van der Waals surface area contributed by atoms with E-state index in [1.807, 2.05) is 6.07 Å². The molecule has 2 aromatic rings. The third-order valence-corrected chi connectivity index (χ3v) is 18.0. The molecule has 0 amide bonds. The van der Waals surface area contributed by atoms with Crippen LogP contribution in [0.1, 0.15) is 96.5 Å². The van der Waals surface area contributed by atoms with Gasteiger partial charge in [0.05, 0.1) is 25.1 Å². The van der Waals surface area contributed by atoms with Gasteiger partial charge in [0.2, 0.25) is 12.0 Å². The van der Waals surface area contributed by atoms with Crippen LogP contribution < -0.4 is 14.8 Å². The Morgan fingerprint density at radius 3 is 2.63 bits per heavy atom. The van der Waals surface area contributed by atoms with E-state index >= 15 is 0 Å². The number of hydrogen-bond donors (Lipinski definition) is 7. The Balaban J connectivity index is 1.34. The molecule has 3 aliphatic carbocycles. The number of rotatable bonds is 5. The Kier molecular flexibility index (Phi) is 13.0. The van der Waals surface area contributed by atoms with Crippen LogP contribution in [-0.4, -0.2) is 121 Å². The predicted molar refractivity (Wildman–Crippen MR) is 224 cm³/mol. The summed E-state index contributed by atoms with van der Waals surface area (Å²) in [5.41, 5.74) is -5.60. The summed E-state index contributed by atoms with van der Waals surface area (Å²) in [5.74, 6) is -2.30. The normalized spacial score (nSPS) is 40.0. The summed E-state index contributed by atoms with van der Waals surface area (Å²) >= 11 is 0. The molecule has 4 heterocycles. The molecule has 4 fully saturated rings. The van der Waals surface area contributed by atoms with E-state index in [0.29, 0.717) is 35.4 Å². The first-order chi connectivity index (χ1) is 28.4. The van der Waals surface area contributed by atoms with E-state index in [-0.39, 0.29) is 66.9 Å². The summed E-state index contributed by atoms with van der Waals surface area (Å²) in [5, 5.41) is 78.6. The van der Waals surface area contributed by atoms with Gasteiger partial charge in [0.1, 0.15) is 23.9 Å². The van der Waals surface area contributed by atoms with Crippen LogP contribution in [0.4, 0.5) is 0 Å². The number of benzene rings is 1. The van der Waals surface area contributed by atoms with Crippen LogP contribution in [0.5, 0.6) is 11.5 Å². The van der Waals surface area contributed by atoms with Crippen molar-refractivity contribution in [2.75, 3.05) is 32.1 Å². The molecule has 1 aromatic carbocycles. The van der Waals surface area contributed by atoms with E-state index in [0.717, 1.165) is 51.4 Å². The quantitative estimate of drug-likeness (QED) is 0.123. The molecular formula is C44H63NO12S2. The SMILES string of the molecule is CCOC(=O)CCc1cc2ccoc2c2c1O[C@@H]1O[C@@]3(CSSC4(CCCCC4)[C@@H](CC[C@@H](C)CCC[C@H]3O)NCCO2)[C@]2(O)C[C@@H]3C=C[C@@H](O)[C@H](CO)[C@H]3[C@@]1(O)[C@H]2O. The van der Waals surface area contributed by atoms with Crippen molar-refractivity contribution in [3.05, 3.63) is 36.1 Å². The zero-order valence-electron chi connectivity index (χ0n) is 34.3. The summed E-state index contributed by atoms with van der Waals surface area (Å²) in [4.78, 5) is 12.8. The second-order valence-corrected chi connectivity index (χ2v) is 20.8. The van der Waals surface area contributed by atoms with E-state index in [9.17, 15) is 35.4 Å². The number of ether oxygens (including phenoxy) is 4. The zero-order chi connectivity index (χ0) is 41.6. The monoisotopic (exact) mass is 861 g/mol. The number of aliphatic hydroxyl groups excluding tert-OH is 4. The molecule has 2 saturated carbocycles. The standard InChI is InChI=1S/C44H63NO12S2/c1-3-53-34(49)15-12-27-22-28-16-20-54-36(28)38-37(27)56-40-44(52)35-29(11-13-31(47)30(35)24-46)23-42(51,39(44)50)43(57-40)25-58-59-41(17-5-4-6-18-41)32(45-19-21-55-38)14-10-26(2)8-7-9-33(43)48/h11,13,16,20,22,26,29-33,35,39-40,45-48,50-52H,3-10,12,14-15,17-19,21,23-25H2,1-2H3/t26-,29-,30-,31+,32+,33+,35-,39-,40+,42-,43+,44+/m0/s1. The van der Waals surface area contributed by atoms with Crippen molar-refractivity contribution < 1.29 is 58.8 Å². The highest BCUT2D eigenvalue weighted by molar-refractivity contribution is 8.77. The van der Waals surface area contributed by atoms with Crippen LogP contribution in [-0.2, 0) is 20.7 Å². The van der Waals surface area contributed by atoms with Gasteiger partial charge in [0, 0.05) is 53.3 Å². The van der Waals surface area contributed by atoms with Crippen LogP contribution in [0.3, 0.4) is 0 Å². The summed E-state index contributed by atoms with van der Waals surface area (Å²) < 4.78 is 31.9. The third kappa shape index (κ3) is 7.64. The highest BCUT2D eigenvalue weighted by Crippen LogP contribution is 2.62. The number of hydrogen-bond acceptors (Lipinski definition) is 15. The van der Waals surface area contributed by atoms with Gasteiger partial charge in [-0.2, -0.15) is 0 Å². The molecule has 1 aromatic heterocycles. The van der Waals surface area contributed by atoms with Gasteiger partial charge in [0.25, 0.3) is 0 Å². The number of nitrogens with one attached hydrogen (secondary N) is 1. The van der Waals surface area contributed by atoms with Gasteiger partial charge in [-0.1, -0.05) is 72.8 Å². The predicted octanol–water partition coefficient (Wildman–Crippen LogP) is 4.80. The van der Waals surface area contributed by atoms with Crippen molar-refractivity contribution in [1.82, 2.24) is 5.32 Å². The number of aliphatic hydroxyl groups is 6. The lowest BCUT2D eigenvalue weighted by molar-refractivity contribution is -0.424. The van der Waals surface area contributed by atoms with E-state index in [1.54, 1.807) is 35.9 Å². The van der Waals surface area contributed by atoms with Crippen LogP contribution in [0.2, 0.25) is 0 Å². The minimum atomic E-state index is -2.44. The third-order valence-electron chi connectivity index (χ3n) is 14.6. The number of carbonyl (C=O) groups excluding carboxylic acids is 1. The maximum Gasteiger partial charge on any atom is 0.306 e. The Morgan fingerprint density at radius 1 is 1.03 bits per heavy atom. The highest BCUT2D eigenvalue weighted by Gasteiger charge is 2.78. The molecule has 5 bridgehead atoms. The minimum Gasteiger partial charge on any atom is -0.485 e. The molecule has 8 rings (SSSR count). The molecule has 328 valence electrons. The summed E-state index contributed by atoms with van der Waals surface area (Å²) in [7, 11) is 3.32. The van der Waals surface area contributed by atoms with E-state index < -0.39 is 71.7 Å². The number of furan rings is 1. The topological polar surface area (TPSA) is 201 Å². The Morgan fingerprint density at radius 2 is 1.85 bits per heavy atom. The molecule has 7 N–H and O–H groups in total. The first kappa shape index (κ1) is 43.6. The molecule has 3 aliphatic heterocycles. The van der Waals surface area contributed by atoms with Gasteiger partial charge in [-0.05, 0) is 81.4 Å². The van der Waals surface area contributed by atoms with Crippen LogP contribution in [0.25, 0.3) is 11.0 Å². The number of allylic oxidation sites excluding steroid dienone is 1. The second-order valence-electron chi connectivity index (χ2n) is 18.1. The number of fused-ring (bicyclic) bond motifs is 11. The van der Waals surface area contributed by atoms with Crippen LogP contribution in [0.15, 0.2) is 35.0 Å². The van der Waals surface area contributed by atoms with E-state index in [4.69, 9.17) is 23.4 Å². The first-order valence-electron chi connectivity index (χ1n) is 21.9. The lowest BCUT2D eigenvalue weighted by Crippen LogP contribution is -2.86. The summed E-state index contributed by atoms with van der Waals surface area (Å²) in [6.45, 7) is 4.41. The van der Waals surface area contributed by atoms with Gasteiger partial charge in [-0.15, -0.1) is 0 Å². The maximum absolute atomic E-state index is 13.3. The minimum absolute atomic E-state index is 0.000303. The molecule has 2 saturated heterocycles. The fourth-order valence-electron chi connectivity index (χ4n) is 11.4. The Bertz CT molecular complexity index is 1820. The average Bonchev–Trinajstić information content (AvgIpc) is 3.69. The fourth-order valence-corrected chi connectivity index (χ4v) is 15.5. The average molecular weight is 862 g/mol. The van der Waals surface area contributed by atoms with Crippen LogP contribution >= 0.6 is 21.6 Å². The molecule has 59 heavy (non-hydrogen) atoms. The number of esters is 1. The van der Waals surface area contributed by atoms with Crippen molar-refractivity contribution in [3.63, 3.8) is 0 Å². The van der Waals surface area contributed by atoms with Crippen molar-refractivity contribution in [2.24, 2.45) is 23.7 Å². The summed E-state index contributed by atoms with van der Waals surface area (Å²) in [6, 6.07) is 3.75. The van der Waals surface area contributed by atoms with Crippen molar-refractivity contribution in [2.45, 2.75) is 150 Å². The van der Waals surface area contributed by atoms with Crippen molar-refractivity contribution in [3.8, 4) is 11.5 Å². The van der Waals surface area contributed by atoms with Crippen LogP contribution in [0, 0.1) is 23.7 Å². The molecule has 0 radical (unpaired) electrons. The number of aryl methyl sites for hydroxylation is 1. The lowest BCUT2D eigenvalue weighted by atomic mass is 9.50. The molecule has 2 spiro atoms. The Labute approximate surface area is 354 Å². The van der Waals surface area contributed by atoms with Gasteiger partial charge >= 0.3 is 5.97 Å². The second kappa shape index (κ2) is 17.6. The molecule has 0 unspecified atom stereocenters. The van der Waals surface area contributed by atoms with Gasteiger partial charge < -0.3 is 59.3 Å². The zero-order valence-corrected chi connectivity index (χ0v) is 35.9. The van der Waals surface area contributed by atoms with Gasteiger partial charge in [0.15, 0.2) is 16.9 Å². The largest absolute Gasteiger partial charge is 0.485 e. The molecule has 12 atom stereocenters. The molecule has 13 nitrogen and oxygen atoms in total. The first-order valence-corrected chi connectivity index (χ1v) is 24.2. The molecule has 15 heteroatoms.